The Labute approximate surface area is 97.6 Å². The molecular formula is C13H11BrO. The Morgan fingerprint density at radius 2 is 1.73 bits per heavy atom. The second-order valence-corrected chi connectivity index (χ2v) is 4.17. The first-order chi connectivity index (χ1) is 7.24. The first-order valence-corrected chi connectivity index (χ1v) is 5.53. The molecule has 0 spiro atoms. The molecule has 2 aromatic rings. The Morgan fingerprint density at radius 1 is 1.00 bits per heavy atom. The van der Waals surface area contributed by atoms with Gasteiger partial charge in [-0.3, -0.25) is 0 Å². The standard InChI is InChI=1S/C13H11BrO/c1-10-2-4-11(5-3-10)6-7-12-8-9-13(14)15-12/h2-9H,1H3/b7-6+. The zero-order valence-electron chi connectivity index (χ0n) is 8.41. The molecule has 2 rings (SSSR count). The number of furan rings is 1. The Kier molecular flexibility index (Phi) is 3.07. The van der Waals surface area contributed by atoms with E-state index in [0.717, 1.165) is 10.4 Å². The van der Waals surface area contributed by atoms with Gasteiger partial charge in [-0.25, -0.2) is 0 Å². The summed E-state index contributed by atoms with van der Waals surface area (Å²) in [5.74, 6) is 0.849. The van der Waals surface area contributed by atoms with Crippen molar-refractivity contribution >= 4 is 28.1 Å². The largest absolute Gasteiger partial charge is 0.450 e. The second kappa shape index (κ2) is 4.49. The Morgan fingerprint density at radius 3 is 2.33 bits per heavy atom. The topological polar surface area (TPSA) is 13.1 Å². The number of aryl methyl sites for hydroxylation is 1. The van der Waals surface area contributed by atoms with Crippen molar-refractivity contribution in [3.63, 3.8) is 0 Å². The van der Waals surface area contributed by atoms with Gasteiger partial charge in [0.15, 0.2) is 4.67 Å². The van der Waals surface area contributed by atoms with E-state index in [9.17, 15) is 0 Å². The molecule has 0 radical (unpaired) electrons. The van der Waals surface area contributed by atoms with Crippen LogP contribution in [0.4, 0.5) is 0 Å². The number of rotatable bonds is 2. The van der Waals surface area contributed by atoms with E-state index in [0.29, 0.717) is 0 Å². The zero-order chi connectivity index (χ0) is 10.7. The lowest BCUT2D eigenvalue weighted by Crippen LogP contribution is -1.72. The van der Waals surface area contributed by atoms with Crippen LogP contribution in [0.1, 0.15) is 16.9 Å². The molecule has 1 heterocycles. The molecule has 0 unspecified atom stereocenters. The highest BCUT2D eigenvalue weighted by molar-refractivity contribution is 9.10. The fourth-order valence-corrected chi connectivity index (χ4v) is 1.59. The molecule has 0 bridgehead atoms. The molecule has 1 aromatic carbocycles. The summed E-state index contributed by atoms with van der Waals surface area (Å²) in [6, 6.07) is 12.2. The maximum atomic E-state index is 5.36. The quantitative estimate of drug-likeness (QED) is 0.776. The second-order valence-electron chi connectivity index (χ2n) is 3.39. The summed E-state index contributed by atoms with van der Waals surface area (Å²) < 4.78 is 6.11. The Balaban J connectivity index is 2.14. The zero-order valence-corrected chi connectivity index (χ0v) is 9.99. The molecule has 0 N–H and O–H groups in total. The summed E-state index contributed by atoms with van der Waals surface area (Å²) in [6.45, 7) is 2.08. The van der Waals surface area contributed by atoms with Gasteiger partial charge in [0.1, 0.15) is 5.76 Å². The molecule has 0 atom stereocenters. The summed E-state index contributed by atoms with van der Waals surface area (Å²) in [6.07, 6.45) is 3.99. The van der Waals surface area contributed by atoms with Crippen LogP contribution in [0.3, 0.4) is 0 Å². The smallest absolute Gasteiger partial charge is 0.169 e. The molecule has 2 heteroatoms. The molecule has 0 saturated heterocycles. The van der Waals surface area contributed by atoms with Gasteiger partial charge in [0.25, 0.3) is 0 Å². The first kappa shape index (κ1) is 10.2. The monoisotopic (exact) mass is 262 g/mol. The minimum atomic E-state index is 0.756. The van der Waals surface area contributed by atoms with Gasteiger partial charge in [0.2, 0.25) is 0 Å². The molecule has 1 nitrogen and oxygen atoms in total. The first-order valence-electron chi connectivity index (χ1n) is 4.74. The number of hydrogen-bond acceptors (Lipinski definition) is 1. The van der Waals surface area contributed by atoms with Crippen LogP contribution in [0.2, 0.25) is 0 Å². The van der Waals surface area contributed by atoms with Crippen LogP contribution < -0.4 is 0 Å². The van der Waals surface area contributed by atoms with Crippen LogP contribution in [0.5, 0.6) is 0 Å². The molecular weight excluding hydrogens is 252 g/mol. The molecule has 76 valence electrons. The van der Waals surface area contributed by atoms with Crippen molar-refractivity contribution in [1.82, 2.24) is 0 Å². The predicted molar refractivity (Wildman–Crippen MR) is 66.5 cm³/mol. The van der Waals surface area contributed by atoms with Crippen LogP contribution in [0, 0.1) is 6.92 Å². The molecule has 0 aliphatic carbocycles. The van der Waals surface area contributed by atoms with Crippen molar-refractivity contribution in [2.24, 2.45) is 0 Å². The third-order valence-electron chi connectivity index (χ3n) is 2.11. The normalized spacial score (nSPS) is 11.1. The van der Waals surface area contributed by atoms with Gasteiger partial charge in [-0.15, -0.1) is 0 Å². The van der Waals surface area contributed by atoms with E-state index in [1.165, 1.54) is 11.1 Å². The van der Waals surface area contributed by atoms with E-state index < -0.39 is 0 Å². The van der Waals surface area contributed by atoms with Crippen LogP contribution >= 0.6 is 15.9 Å². The minimum absolute atomic E-state index is 0.756. The lowest BCUT2D eigenvalue weighted by molar-refractivity contribution is 0.532. The molecule has 0 saturated carbocycles. The summed E-state index contributed by atoms with van der Waals surface area (Å²) in [7, 11) is 0. The van der Waals surface area contributed by atoms with E-state index in [-0.39, 0.29) is 0 Å². The van der Waals surface area contributed by atoms with Crippen LogP contribution in [0.15, 0.2) is 45.5 Å². The van der Waals surface area contributed by atoms with Crippen LogP contribution in [0.25, 0.3) is 12.2 Å². The van der Waals surface area contributed by atoms with E-state index in [1.54, 1.807) is 0 Å². The van der Waals surface area contributed by atoms with Crippen molar-refractivity contribution in [1.29, 1.82) is 0 Å². The van der Waals surface area contributed by atoms with Gasteiger partial charge < -0.3 is 4.42 Å². The number of halogens is 1. The lowest BCUT2D eigenvalue weighted by Gasteiger charge is -1.93. The molecule has 0 amide bonds. The van der Waals surface area contributed by atoms with Crippen LogP contribution in [-0.4, -0.2) is 0 Å². The van der Waals surface area contributed by atoms with E-state index in [4.69, 9.17) is 4.42 Å². The van der Waals surface area contributed by atoms with Crippen molar-refractivity contribution in [3.05, 3.63) is 58.0 Å². The summed E-state index contributed by atoms with van der Waals surface area (Å²) in [5.41, 5.74) is 2.45. The minimum Gasteiger partial charge on any atom is -0.450 e. The Hall–Kier alpha value is -1.28. The molecule has 0 aliphatic heterocycles. The lowest BCUT2D eigenvalue weighted by atomic mass is 10.1. The summed E-state index contributed by atoms with van der Waals surface area (Å²) in [4.78, 5) is 0. The number of hydrogen-bond donors (Lipinski definition) is 0. The van der Waals surface area contributed by atoms with Crippen molar-refractivity contribution in [2.75, 3.05) is 0 Å². The highest BCUT2D eigenvalue weighted by Crippen LogP contribution is 2.16. The van der Waals surface area contributed by atoms with Gasteiger partial charge in [-0.2, -0.15) is 0 Å². The van der Waals surface area contributed by atoms with Gasteiger partial charge in [-0.1, -0.05) is 35.9 Å². The van der Waals surface area contributed by atoms with Gasteiger partial charge >= 0.3 is 0 Å². The molecule has 0 aliphatic rings. The maximum absolute atomic E-state index is 5.36. The highest BCUT2D eigenvalue weighted by atomic mass is 79.9. The van der Waals surface area contributed by atoms with E-state index >= 15 is 0 Å². The van der Waals surface area contributed by atoms with Crippen LogP contribution in [-0.2, 0) is 0 Å². The SMILES string of the molecule is Cc1ccc(/C=C/c2ccc(Br)o2)cc1. The number of benzene rings is 1. The van der Waals surface area contributed by atoms with Crippen molar-refractivity contribution in [3.8, 4) is 0 Å². The van der Waals surface area contributed by atoms with Gasteiger partial charge in [0, 0.05) is 0 Å². The van der Waals surface area contributed by atoms with Gasteiger partial charge in [0.05, 0.1) is 0 Å². The Bertz CT molecular complexity index is 466. The van der Waals surface area contributed by atoms with Crippen molar-refractivity contribution in [2.45, 2.75) is 6.92 Å². The van der Waals surface area contributed by atoms with E-state index in [1.807, 2.05) is 24.3 Å². The summed E-state index contributed by atoms with van der Waals surface area (Å²) >= 11 is 3.27. The van der Waals surface area contributed by atoms with Gasteiger partial charge in [-0.05, 0) is 46.6 Å². The van der Waals surface area contributed by atoms with Crippen molar-refractivity contribution < 1.29 is 4.42 Å². The third kappa shape index (κ3) is 2.83. The molecule has 0 fully saturated rings. The predicted octanol–water partition coefficient (Wildman–Crippen LogP) is 4.52. The fraction of sp³-hybridized carbons (Fsp3) is 0.0769. The van der Waals surface area contributed by atoms with E-state index in [2.05, 4.69) is 47.1 Å². The highest BCUT2D eigenvalue weighted by Gasteiger charge is 1.93. The fourth-order valence-electron chi connectivity index (χ4n) is 1.27. The third-order valence-corrected chi connectivity index (χ3v) is 2.54. The summed E-state index contributed by atoms with van der Waals surface area (Å²) in [5, 5.41) is 0. The maximum Gasteiger partial charge on any atom is 0.169 e. The average Bonchev–Trinajstić information content (AvgIpc) is 2.64. The molecule has 1 aromatic heterocycles. The molecule has 15 heavy (non-hydrogen) atoms. The average molecular weight is 263 g/mol.